The Bertz CT molecular complexity index is 1500. The highest BCUT2D eigenvalue weighted by molar-refractivity contribution is 7.92. The number of halogens is 1. The van der Waals surface area contributed by atoms with Crippen LogP contribution in [0.1, 0.15) is 37.3 Å². The van der Waals surface area contributed by atoms with Crippen LogP contribution in [0, 0.1) is 0 Å². The van der Waals surface area contributed by atoms with Crippen molar-refractivity contribution in [2.45, 2.75) is 36.7 Å². The molecule has 36 heavy (non-hydrogen) atoms. The number of ether oxygens (including phenoxy) is 1. The van der Waals surface area contributed by atoms with Crippen LogP contribution >= 0.6 is 24.2 Å². The lowest BCUT2D eigenvalue weighted by atomic mass is 10.1. The molecule has 0 spiro atoms. The second-order valence-corrected chi connectivity index (χ2v) is 11.5. The molecule has 188 valence electrons. The predicted octanol–water partition coefficient (Wildman–Crippen LogP) is 6.65. The molecule has 11 heteroatoms. The zero-order chi connectivity index (χ0) is 26.1. The van der Waals surface area contributed by atoms with E-state index in [2.05, 4.69) is 27.7 Å². The number of anilines is 2. The van der Waals surface area contributed by atoms with E-state index >= 15 is 0 Å². The van der Waals surface area contributed by atoms with Gasteiger partial charge in [0.2, 0.25) is 5.09 Å². The van der Waals surface area contributed by atoms with Crippen molar-refractivity contribution >= 4 is 62.7 Å². The summed E-state index contributed by atoms with van der Waals surface area (Å²) in [5.41, 5.74) is 1.41. The number of para-hydroxylation sites is 1. The van der Waals surface area contributed by atoms with Crippen molar-refractivity contribution in [1.82, 2.24) is 4.98 Å². The van der Waals surface area contributed by atoms with Gasteiger partial charge in [-0.15, -0.1) is 0 Å². The number of benzene rings is 2. The zero-order valence-corrected chi connectivity index (χ0v) is 22.1. The summed E-state index contributed by atoms with van der Waals surface area (Å²) in [6.45, 7) is 5.31. The van der Waals surface area contributed by atoms with Crippen LogP contribution in [-0.4, -0.2) is 25.1 Å². The van der Waals surface area contributed by atoms with Gasteiger partial charge in [0, 0.05) is 23.3 Å². The normalized spacial score (nSPS) is 12.8. The van der Waals surface area contributed by atoms with E-state index in [0.29, 0.717) is 27.9 Å². The largest absolute Gasteiger partial charge is 0.444 e. The molecule has 0 radical (unpaired) electrons. The lowest BCUT2D eigenvalue weighted by Gasteiger charge is -2.20. The number of nitrogens with zero attached hydrogens (tertiary/aromatic N) is 1. The molecule has 2 aromatic heterocycles. The molecule has 8 nitrogen and oxygen atoms in total. The molecule has 0 fully saturated rings. The van der Waals surface area contributed by atoms with Gasteiger partial charge in [-0.3, -0.25) is 15.0 Å². The third-order valence-corrected chi connectivity index (χ3v) is 6.87. The van der Waals surface area contributed by atoms with E-state index in [1.807, 2.05) is 0 Å². The number of hydrogen-bond donors (Lipinski definition) is 3. The van der Waals surface area contributed by atoms with Gasteiger partial charge in [-0.1, -0.05) is 41.9 Å². The number of amides is 1. The monoisotopic (exact) mass is 545 g/mol. The zero-order valence-electron chi connectivity index (χ0n) is 19.7. The van der Waals surface area contributed by atoms with Crippen LogP contribution in [0.15, 0.2) is 76.4 Å². The summed E-state index contributed by atoms with van der Waals surface area (Å²) < 4.78 is 39.6. The summed E-state index contributed by atoms with van der Waals surface area (Å²) >= 11 is 10.8. The summed E-state index contributed by atoms with van der Waals surface area (Å²) in [7, 11) is -4.09. The molecule has 0 aliphatic heterocycles. The molecule has 0 aliphatic carbocycles. The number of carbonyl (C=O) groups excluding carboxylic acids is 1. The first-order chi connectivity index (χ1) is 16.9. The number of furan rings is 1. The molecular formula is C25H24ClN3O5S2. The number of fused-ring (bicyclic) bond motifs is 1. The average molecular weight is 546 g/mol. The van der Waals surface area contributed by atoms with Crippen molar-refractivity contribution in [2.75, 3.05) is 10.0 Å². The summed E-state index contributed by atoms with van der Waals surface area (Å²) in [6.07, 6.45) is 0.807. The summed E-state index contributed by atoms with van der Waals surface area (Å²) in [6, 6.07) is 16.8. The Balaban J connectivity index is 1.62. The fourth-order valence-corrected chi connectivity index (χ4v) is 4.96. The molecule has 0 saturated heterocycles. The SMILES string of the molecule is CC(C)(C)OC(=O)Nc1cccc(C(S)c2ncc(Cl)cc2NS(=O)(=O)c2cc3ccccc3o2)c1. The molecule has 2 N–H and O–H groups in total. The summed E-state index contributed by atoms with van der Waals surface area (Å²) in [5.74, 6) is 0. The van der Waals surface area contributed by atoms with Gasteiger partial charge in [0.05, 0.1) is 21.7 Å². The third-order valence-electron chi connectivity index (χ3n) is 4.90. The first-order valence-electron chi connectivity index (χ1n) is 10.9. The molecule has 4 aromatic rings. The Morgan fingerprint density at radius 1 is 1.11 bits per heavy atom. The van der Waals surface area contributed by atoms with E-state index in [0.717, 1.165) is 0 Å². The first kappa shape index (κ1) is 25.9. The lowest BCUT2D eigenvalue weighted by Crippen LogP contribution is -2.27. The minimum atomic E-state index is -4.09. The van der Waals surface area contributed by atoms with E-state index in [1.54, 1.807) is 69.3 Å². The average Bonchev–Trinajstić information content (AvgIpc) is 3.23. The highest BCUT2D eigenvalue weighted by Crippen LogP contribution is 2.35. The highest BCUT2D eigenvalue weighted by Gasteiger charge is 2.24. The van der Waals surface area contributed by atoms with Crippen LogP contribution < -0.4 is 10.0 Å². The van der Waals surface area contributed by atoms with E-state index in [4.69, 9.17) is 20.8 Å². The van der Waals surface area contributed by atoms with Gasteiger partial charge < -0.3 is 9.15 Å². The van der Waals surface area contributed by atoms with Gasteiger partial charge in [0.25, 0.3) is 10.0 Å². The third kappa shape index (κ3) is 6.13. The number of rotatable bonds is 6. The molecule has 1 amide bonds. The van der Waals surface area contributed by atoms with Gasteiger partial charge in [0.15, 0.2) is 0 Å². The number of sulfonamides is 1. The number of hydrogen-bond acceptors (Lipinski definition) is 7. The summed E-state index contributed by atoms with van der Waals surface area (Å²) in [4.78, 5) is 16.5. The number of nitrogens with one attached hydrogen (secondary N) is 2. The highest BCUT2D eigenvalue weighted by atomic mass is 35.5. The fourth-order valence-electron chi connectivity index (χ4n) is 3.40. The number of aromatic nitrogens is 1. The first-order valence-corrected chi connectivity index (χ1v) is 13.2. The van der Waals surface area contributed by atoms with Crippen molar-refractivity contribution in [3.63, 3.8) is 0 Å². The second-order valence-electron chi connectivity index (χ2n) is 8.95. The molecule has 0 saturated carbocycles. The van der Waals surface area contributed by atoms with Crippen molar-refractivity contribution in [2.24, 2.45) is 0 Å². The molecule has 2 heterocycles. The summed E-state index contributed by atoms with van der Waals surface area (Å²) in [5, 5.41) is 2.68. The van der Waals surface area contributed by atoms with Gasteiger partial charge in [0.1, 0.15) is 11.2 Å². The standard InChI is InChI=1S/C25H24ClN3O5S2/c1-25(2,3)34-24(30)28-18-9-6-8-16(11-18)23(35)22-19(13-17(26)14-27-22)29-36(31,32)21-12-15-7-4-5-10-20(15)33-21/h4-14,23,29,35H,1-3H3,(H,28,30). The van der Waals surface area contributed by atoms with Crippen molar-refractivity contribution < 1.29 is 22.4 Å². The molecule has 0 aliphatic rings. The van der Waals surface area contributed by atoms with Gasteiger partial charge in [-0.25, -0.2) is 4.79 Å². The van der Waals surface area contributed by atoms with Crippen LogP contribution in [-0.2, 0) is 14.8 Å². The molecule has 1 unspecified atom stereocenters. The minimum absolute atomic E-state index is 0.147. The fraction of sp³-hybridized carbons (Fsp3) is 0.200. The lowest BCUT2D eigenvalue weighted by molar-refractivity contribution is 0.0636. The quantitative estimate of drug-likeness (QED) is 0.234. The maximum absolute atomic E-state index is 13.1. The van der Waals surface area contributed by atoms with Crippen LogP contribution in [0.5, 0.6) is 0 Å². The molecule has 1 atom stereocenters. The second kappa shape index (κ2) is 10.0. The van der Waals surface area contributed by atoms with E-state index in [9.17, 15) is 13.2 Å². The van der Waals surface area contributed by atoms with Crippen molar-refractivity contribution in [1.29, 1.82) is 0 Å². The predicted molar refractivity (Wildman–Crippen MR) is 143 cm³/mol. The smallest absolute Gasteiger partial charge is 0.412 e. The van der Waals surface area contributed by atoms with Gasteiger partial charge in [-0.2, -0.15) is 21.0 Å². The molecule has 4 rings (SSSR count). The Hall–Kier alpha value is -3.21. The number of pyridine rings is 1. The number of carbonyl (C=O) groups is 1. The Labute approximate surface area is 219 Å². The molecule has 0 bridgehead atoms. The van der Waals surface area contributed by atoms with Crippen LogP contribution in [0.2, 0.25) is 5.02 Å². The van der Waals surface area contributed by atoms with E-state index < -0.39 is 27.0 Å². The minimum Gasteiger partial charge on any atom is -0.444 e. The van der Waals surface area contributed by atoms with Gasteiger partial charge >= 0.3 is 6.09 Å². The van der Waals surface area contributed by atoms with Crippen LogP contribution in [0.4, 0.5) is 16.2 Å². The topological polar surface area (TPSA) is 111 Å². The van der Waals surface area contributed by atoms with Crippen LogP contribution in [0.25, 0.3) is 11.0 Å². The Morgan fingerprint density at radius 2 is 1.86 bits per heavy atom. The molecule has 2 aromatic carbocycles. The van der Waals surface area contributed by atoms with Crippen LogP contribution in [0.3, 0.4) is 0 Å². The maximum atomic E-state index is 13.1. The number of thiol groups is 1. The Morgan fingerprint density at radius 3 is 2.58 bits per heavy atom. The van der Waals surface area contributed by atoms with E-state index in [1.165, 1.54) is 18.3 Å². The van der Waals surface area contributed by atoms with Crippen molar-refractivity contribution in [3.8, 4) is 0 Å². The van der Waals surface area contributed by atoms with E-state index in [-0.39, 0.29) is 15.8 Å². The molecular weight excluding hydrogens is 522 g/mol. The Kier molecular flexibility index (Phi) is 7.21. The maximum Gasteiger partial charge on any atom is 0.412 e. The van der Waals surface area contributed by atoms with Crippen molar-refractivity contribution in [3.05, 3.63) is 83.1 Å². The van der Waals surface area contributed by atoms with Gasteiger partial charge in [-0.05, 0) is 50.6 Å².